The van der Waals surface area contributed by atoms with Crippen molar-refractivity contribution in [1.29, 1.82) is 0 Å². The van der Waals surface area contributed by atoms with Gasteiger partial charge in [-0.15, -0.1) is 11.6 Å². The first-order valence-corrected chi connectivity index (χ1v) is 6.39. The average Bonchev–Trinajstić information content (AvgIpc) is 2.27. The van der Waals surface area contributed by atoms with Crippen LogP contribution in [-0.4, -0.2) is 34.8 Å². The number of aromatic nitrogens is 1. The van der Waals surface area contributed by atoms with E-state index < -0.39 is 0 Å². The second-order valence-corrected chi connectivity index (χ2v) is 5.54. The summed E-state index contributed by atoms with van der Waals surface area (Å²) in [7, 11) is 1.79. The summed E-state index contributed by atoms with van der Waals surface area (Å²) in [6, 6.07) is 3.32. The van der Waals surface area contributed by atoms with Gasteiger partial charge in [-0.25, -0.2) is 4.98 Å². The standard InChI is InChI=1S/C12H14Cl2N2O/c1-16(7-8-4-10(14)5-8)12(17)11-3-2-9(13)6-15-11/h2-3,6,8,10H,4-5,7H2,1H3. The van der Waals surface area contributed by atoms with Crippen molar-refractivity contribution >= 4 is 29.1 Å². The van der Waals surface area contributed by atoms with Crippen molar-refractivity contribution in [1.82, 2.24) is 9.88 Å². The van der Waals surface area contributed by atoms with Gasteiger partial charge in [-0.2, -0.15) is 0 Å². The molecule has 0 spiro atoms. The molecule has 0 aromatic carbocycles. The van der Waals surface area contributed by atoms with Gasteiger partial charge in [0, 0.05) is 25.2 Å². The summed E-state index contributed by atoms with van der Waals surface area (Å²) < 4.78 is 0. The number of halogens is 2. The summed E-state index contributed by atoms with van der Waals surface area (Å²) in [4.78, 5) is 17.7. The summed E-state index contributed by atoms with van der Waals surface area (Å²) in [5, 5.41) is 0.824. The molecule has 92 valence electrons. The van der Waals surface area contributed by atoms with Crippen LogP contribution in [-0.2, 0) is 0 Å². The predicted molar refractivity (Wildman–Crippen MR) is 68.6 cm³/mol. The molecule has 1 aromatic heterocycles. The second kappa shape index (κ2) is 5.23. The molecule has 1 aliphatic rings. The highest BCUT2D eigenvalue weighted by Gasteiger charge is 2.29. The maximum atomic E-state index is 12.0. The zero-order valence-electron chi connectivity index (χ0n) is 9.57. The zero-order chi connectivity index (χ0) is 12.4. The van der Waals surface area contributed by atoms with Crippen molar-refractivity contribution in [2.75, 3.05) is 13.6 Å². The average molecular weight is 273 g/mol. The van der Waals surface area contributed by atoms with E-state index in [4.69, 9.17) is 23.2 Å². The normalized spacial score (nSPS) is 23.0. The van der Waals surface area contributed by atoms with Gasteiger partial charge in [-0.05, 0) is 30.9 Å². The third kappa shape index (κ3) is 3.11. The molecule has 0 aliphatic heterocycles. The Morgan fingerprint density at radius 1 is 1.53 bits per heavy atom. The number of hydrogen-bond donors (Lipinski definition) is 0. The molecule has 0 radical (unpaired) electrons. The van der Waals surface area contributed by atoms with Gasteiger partial charge in [0.15, 0.2) is 0 Å². The molecule has 1 heterocycles. The second-order valence-electron chi connectivity index (χ2n) is 4.48. The van der Waals surface area contributed by atoms with E-state index in [1.807, 2.05) is 0 Å². The first-order valence-electron chi connectivity index (χ1n) is 5.57. The van der Waals surface area contributed by atoms with Crippen LogP contribution in [0.3, 0.4) is 0 Å². The predicted octanol–water partition coefficient (Wildman–Crippen LogP) is 2.82. The maximum absolute atomic E-state index is 12.0. The SMILES string of the molecule is CN(CC1CC(Cl)C1)C(=O)c1ccc(Cl)cn1. The highest BCUT2D eigenvalue weighted by Crippen LogP contribution is 2.32. The smallest absolute Gasteiger partial charge is 0.272 e. The van der Waals surface area contributed by atoms with Gasteiger partial charge in [-0.3, -0.25) is 4.79 Å². The van der Waals surface area contributed by atoms with Crippen molar-refractivity contribution in [3.63, 3.8) is 0 Å². The Hall–Kier alpha value is -0.800. The van der Waals surface area contributed by atoms with Gasteiger partial charge in [-0.1, -0.05) is 11.6 Å². The van der Waals surface area contributed by atoms with E-state index in [0.29, 0.717) is 16.6 Å². The Kier molecular flexibility index (Phi) is 3.89. The molecule has 1 fully saturated rings. The Morgan fingerprint density at radius 2 is 2.24 bits per heavy atom. The van der Waals surface area contributed by atoms with Crippen LogP contribution in [0, 0.1) is 5.92 Å². The molecule has 1 saturated carbocycles. The maximum Gasteiger partial charge on any atom is 0.272 e. The van der Waals surface area contributed by atoms with Gasteiger partial charge in [0.1, 0.15) is 5.69 Å². The first kappa shape index (κ1) is 12.7. The molecule has 0 bridgehead atoms. The van der Waals surface area contributed by atoms with Crippen LogP contribution in [0.4, 0.5) is 0 Å². The van der Waals surface area contributed by atoms with Crippen LogP contribution in [0.5, 0.6) is 0 Å². The lowest BCUT2D eigenvalue weighted by Crippen LogP contribution is -2.38. The minimum Gasteiger partial charge on any atom is -0.340 e. The molecule has 0 N–H and O–H groups in total. The van der Waals surface area contributed by atoms with E-state index in [1.54, 1.807) is 24.1 Å². The fraction of sp³-hybridized carbons (Fsp3) is 0.500. The topological polar surface area (TPSA) is 33.2 Å². The molecule has 5 heteroatoms. The number of hydrogen-bond acceptors (Lipinski definition) is 2. The number of alkyl halides is 1. The Morgan fingerprint density at radius 3 is 2.76 bits per heavy atom. The van der Waals surface area contributed by atoms with Crippen LogP contribution in [0.1, 0.15) is 23.3 Å². The van der Waals surface area contributed by atoms with Gasteiger partial charge < -0.3 is 4.90 Å². The van der Waals surface area contributed by atoms with Gasteiger partial charge >= 0.3 is 0 Å². The minimum atomic E-state index is -0.0697. The van der Waals surface area contributed by atoms with E-state index in [0.717, 1.165) is 19.4 Å². The quantitative estimate of drug-likeness (QED) is 0.793. The fourth-order valence-electron chi connectivity index (χ4n) is 1.97. The molecule has 1 aliphatic carbocycles. The molecule has 0 atom stereocenters. The summed E-state index contributed by atoms with van der Waals surface area (Å²) in [5.41, 5.74) is 0.429. The van der Waals surface area contributed by atoms with E-state index >= 15 is 0 Å². The Labute approximate surface area is 111 Å². The van der Waals surface area contributed by atoms with Crippen molar-refractivity contribution in [2.45, 2.75) is 18.2 Å². The minimum absolute atomic E-state index is 0.0697. The lowest BCUT2D eigenvalue weighted by Gasteiger charge is -2.33. The number of nitrogens with zero attached hydrogens (tertiary/aromatic N) is 2. The van der Waals surface area contributed by atoms with Crippen LogP contribution in [0.15, 0.2) is 18.3 Å². The lowest BCUT2D eigenvalue weighted by molar-refractivity contribution is 0.0741. The molecule has 2 rings (SSSR count). The van der Waals surface area contributed by atoms with Crippen LogP contribution >= 0.6 is 23.2 Å². The molecular weight excluding hydrogens is 259 g/mol. The molecule has 3 nitrogen and oxygen atoms in total. The van der Waals surface area contributed by atoms with Crippen molar-refractivity contribution < 1.29 is 4.79 Å². The fourth-order valence-corrected chi connectivity index (χ4v) is 2.59. The largest absolute Gasteiger partial charge is 0.340 e. The molecule has 0 saturated heterocycles. The molecule has 0 unspecified atom stereocenters. The van der Waals surface area contributed by atoms with Crippen molar-refractivity contribution in [3.8, 4) is 0 Å². The van der Waals surface area contributed by atoms with E-state index in [2.05, 4.69) is 4.98 Å². The van der Waals surface area contributed by atoms with E-state index in [1.165, 1.54) is 6.20 Å². The molecule has 1 amide bonds. The number of carbonyl (C=O) groups excluding carboxylic acids is 1. The lowest BCUT2D eigenvalue weighted by atomic mass is 9.84. The number of pyridine rings is 1. The van der Waals surface area contributed by atoms with Gasteiger partial charge in [0.2, 0.25) is 0 Å². The molecular formula is C12H14Cl2N2O. The molecule has 17 heavy (non-hydrogen) atoms. The Balaban J connectivity index is 1.92. The third-order valence-corrected chi connectivity index (χ3v) is 3.58. The van der Waals surface area contributed by atoms with Gasteiger partial charge in [0.25, 0.3) is 5.91 Å². The highest BCUT2D eigenvalue weighted by molar-refractivity contribution is 6.30. The molecule has 1 aromatic rings. The number of amides is 1. The number of carbonyl (C=O) groups is 1. The third-order valence-electron chi connectivity index (χ3n) is 3.00. The Bertz CT molecular complexity index is 401. The van der Waals surface area contributed by atoms with Crippen LogP contribution in [0.2, 0.25) is 5.02 Å². The van der Waals surface area contributed by atoms with Crippen molar-refractivity contribution in [3.05, 3.63) is 29.0 Å². The van der Waals surface area contributed by atoms with Gasteiger partial charge in [0.05, 0.1) is 5.02 Å². The van der Waals surface area contributed by atoms with E-state index in [9.17, 15) is 4.79 Å². The summed E-state index contributed by atoms with van der Waals surface area (Å²) in [6.07, 6.45) is 3.47. The zero-order valence-corrected chi connectivity index (χ0v) is 11.1. The number of rotatable bonds is 3. The summed E-state index contributed by atoms with van der Waals surface area (Å²) in [6.45, 7) is 0.742. The van der Waals surface area contributed by atoms with E-state index in [-0.39, 0.29) is 11.3 Å². The summed E-state index contributed by atoms with van der Waals surface area (Å²) >= 11 is 11.6. The summed E-state index contributed by atoms with van der Waals surface area (Å²) in [5.74, 6) is 0.457. The van der Waals surface area contributed by atoms with Crippen LogP contribution in [0.25, 0.3) is 0 Å². The van der Waals surface area contributed by atoms with Crippen LogP contribution < -0.4 is 0 Å². The monoisotopic (exact) mass is 272 g/mol. The first-order chi connectivity index (χ1) is 8.06. The highest BCUT2D eigenvalue weighted by atomic mass is 35.5. The van der Waals surface area contributed by atoms with Crippen molar-refractivity contribution in [2.24, 2.45) is 5.92 Å².